The van der Waals surface area contributed by atoms with Crippen LogP contribution in [-0.2, 0) is 4.74 Å². The molecule has 12 heavy (non-hydrogen) atoms. The first-order chi connectivity index (χ1) is 5.74. The van der Waals surface area contributed by atoms with E-state index in [0.717, 1.165) is 4.48 Å². The van der Waals surface area contributed by atoms with Crippen LogP contribution < -0.4 is 5.43 Å². The molecular weight excluding hydrogens is 224 g/mol. The number of nitrogens with one attached hydrogen (secondary N) is 1. The van der Waals surface area contributed by atoms with Gasteiger partial charge in [-0.05, 0) is 28.9 Å². The number of hydrazine groups is 1. The molecule has 66 valence electrons. The van der Waals surface area contributed by atoms with E-state index >= 15 is 0 Å². The highest BCUT2D eigenvalue weighted by atomic mass is 79.9. The average molecular weight is 233 g/mol. The van der Waals surface area contributed by atoms with E-state index in [1.807, 2.05) is 0 Å². The molecule has 0 atom stereocenters. The zero-order chi connectivity index (χ0) is 8.97. The quantitative estimate of drug-likeness (QED) is 0.749. The minimum Gasteiger partial charge on any atom is -0.448 e. The number of carbonyl (C=O) groups excluding carboxylic acids is 1. The van der Waals surface area contributed by atoms with Crippen molar-refractivity contribution in [2.45, 2.75) is 6.92 Å². The molecule has 1 aliphatic rings. The fourth-order valence-corrected chi connectivity index (χ4v) is 0.895. The Kier molecular flexibility index (Phi) is 3.16. The average Bonchev–Trinajstić information content (AvgIpc) is 2.06. The number of rotatable bonds is 1. The van der Waals surface area contributed by atoms with E-state index in [2.05, 4.69) is 21.4 Å². The SMILES string of the molecule is CCOC(=O)N1C=CC(Br)=CN1. The number of hydrogen-bond acceptors (Lipinski definition) is 3. The summed E-state index contributed by atoms with van der Waals surface area (Å²) in [5, 5.41) is 1.26. The van der Waals surface area contributed by atoms with Crippen LogP contribution >= 0.6 is 15.9 Å². The van der Waals surface area contributed by atoms with Crippen molar-refractivity contribution in [3.05, 3.63) is 23.0 Å². The fourth-order valence-electron chi connectivity index (χ4n) is 0.675. The smallest absolute Gasteiger partial charge is 0.432 e. The number of allylic oxidation sites excluding steroid dienone is 2. The molecule has 0 spiro atoms. The third-order valence-corrected chi connectivity index (χ3v) is 1.68. The van der Waals surface area contributed by atoms with E-state index in [9.17, 15) is 4.79 Å². The van der Waals surface area contributed by atoms with Gasteiger partial charge < -0.3 is 4.74 Å². The zero-order valence-electron chi connectivity index (χ0n) is 6.58. The highest BCUT2D eigenvalue weighted by Gasteiger charge is 2.11. The summed E-state index contributed by atoms with van der Waals surface area (Å²) in [6, 6.07) is 0. The molecule has 5 heteroatoms. The lowest BCUT2D eigenvalue weighted by molar-refractivity contribution is 0.112. The number of nitrogens with zero attached hydrogens (tertiary/aromatic N) is 1. The van der Waals surface area contributed by atoms with Gasteiger partial charge in [0.15, 0.2) is 0 Å². The Morgan fingerprint density at radius 1 is 1.83 bits per heavy atom. The van der Waals surface area contributed by atoms with Crippen LogP contribution in [0.15, 0.2) is 23.0 Å². The van der Waals surface area contributed by atoms with Gasteiger partial charge in [-0.2, -0.15) is 5.01 Å². The summed E-state index contributed by atoms with van der Waals surface area (Å²) in [6.45, 7) is 2.13. The molecule has 0 aromatic rings. The number of carbonyl (C=O) groups is 1. The van der Waals surface area contributed by atoms with Crippen molar-refractivity contribution in [2.24, 2.45) is 0 Å². The standard InChI is InChI=1S/C7H9BrN2O2/c1-2-12-7(11)10-4-3-6(8)5-9-10/h3-5,9H,2H2,1H3. The lowest BCUT2D eigenvalue weighted by Crippen LogP contribution is -2.37. The number of ether oxygens (including phenoxy) is 1. The molecule has 1 heterocycles. The maximum atomic E-state index is 11.1. The number of amides is 1. The van der Waals surface area contributed by atoms with Crippen LogP contribution in [0.5, 0.6) is 0 Å². The highest BCUT2D eigenvalue weighted by Crippen LogP contribution is 2.09. The van der Waals surface area contributed by atoms with Gasteiger partial charge in [-0.25, -0.2) is 4.79 Å². The van der Waals surface area contributed by atoms with E-state index in [0.29, 0.717) is 6.61 Å². The first kappa shape index (κ1) is 9.12. The molecule has 1 aliphatic heterocycles. The van der Waals surface area contributed by atoms with Gasteiger partial charge in [0, 0.05) is 16.9 Å². The topological polar surface area (TPSA) is 41.6 Å². The monoisotopic (exact) mass is 232 g/mol. The fraction of sp³-hybridized carbons (Fsp3) is 0.286. The van der Waals surface area contributed by atoms with Gasteiger partial charge in [0.2, 0.25) is 0 Å². The Labute approximate surface area is 79.0 Å². The Bertz CT molecular complexity index is 238. The highest BCUT2D eigenvalue weighted by molar-refractivity contribution is 9.11. The van der Waals surface area contributed by atoms with Gasteiger partial charge in [-0.1, -0.05) is 0 Å². The van der Waals surface area contributed by atoms with Crippen LogP contribution in [-0.4, -0.2) is 17.7 Å². The lowest BCUT2D eigenvalue weighted by Gasteiger charge is -2.19. The molecule has 0 radical (unpaired) electrons. The summed E-state index contributed by atoms with van der Waals surface area (Å²) in [5.74, 6) is 0. The molecule has 0 fully saturated rings. The zero-order valence-corrected chi connectivity index (χ0v) is 8.17. The van der Waals surface area contributed by atoms with Crippen LogP contribution in [0.25, 0.3) is 0 Å². The summed E-state index contributed by atoms with van der Waals surface area (Å²) in [5.41, 5.74) is 2.72. The van der Waals surface area contributed by atoms with Gasteiger partial charge in [0.1, 0.15) is 0 Å². The molecule has 4 nitrogen and oxygen atoms in total. The summed E-state index contributed by atoms with van der Waals surface area (Å²) in [6.07, 6.45) is 4.57. The van der Waals surface area contributed by atoms with Crippen LogP contribution in [0.4, 0.5) is 4.79 Å². The first-order valence-corrected chi connectivity index (χ1v) is 4.29. The Hall–Kier alpha value is -0.970. The molecule has 1 amide bonds. The van der Waals surface area contributed by atoms with Crippen molar-refractivity contribution in [1.29, 1.82) is 0 Å². The summed E-state index contributed by atoms with van der Waals surface area (Å²) < 4.78 is 5.62. The Morgan fingerprint density at radius 3 is 3.08 bits per heavy atom. The minimum atomic E-state index is -0.412. The van der Waals surface area contributed by atoms with E-state index in [-0.39, 0.29) is 0 Å². The maximum absolute atomic E-state index is 11.1. The Morgan fingerprint density at radius 2 is 2.58 bits per heavy atom. The predicted octanol–water partition coefficient (Wildman–Crippen LogP) is 1.71. The van der Waals surface area contributed by atoms with Crippen molar-refractivity contribution in [3.8, 4) is 0 Å². The second kappa shape index (κ2) is 4.15. The molecule has 1 N–H and O–H groups in total. The van der Waals surface area contributed by atoms with Crippen LogP contribution in [0.1, 0.15) is 6.92 Å². The molecule has 0 saturated carbocycles. The van der Waals surface area contributed by atoms with Crippen molar-refractivity contribution in [2.75, 3.05) is 6.61 Å². The van der Waals surface area contributed by atoms with Crippen LogP contribution in [0.2, 0.25) is 0 Å². The second-order valence-electron chi connectivity index (χ2n) is 2.04. The van der Waals surface area contributed by atoms with Crippen molar-refractivity contribution in [3.63, 3.8) is 0 Å². The van der Waals surface area contributed by atoms with Crippen LogP contribution in [0.3, 0.4) is 0 Å². The normalized spacial score (nSPS) is 15.2. The second-order valence-corrected chi connectivity index (χ2v) is 2.96. The first-order valence-electron chi connectivity index (χ1n) is 3.50. The molecule has 0 unspecified atom stereocenters. The molecule has 1 rings (SSSR count). The lowest BCUT2D eigenvalue weighted by atomic mass is 10.5. The van der Waals surface area contributed by atoms with Gasteiger partial charge in [0.05, 0.1) is 6.61 Å². The molecule has 0 aromatic heterocycles. The molecule has 0 aliphatic carbocycles. The summed E-state index contributed by atoms with van der Waals surface area (Å²) in [4.78, 5) is 11.1. The Balaban J connectivity index is 2.47. The number of hydrogen-bond donors (Lipinski definition) is 1. The van der Waals surface area contributed by atoms with Gasteiger partial charge >= 0.3 is 6.09 Å². The summed E-state index contributed by atoms with van der Waals surface area (Å²) >= 11 is 3.24. The van der Waals surface area contributed by atoms with E-state index in [4.69, 9.17) is 4.74 Å². The van der Waals surface area contributed by atoms with Crippen molar-refractivity contribution < 1.29 is 9.53 Å². The molecular formula is C7H9BrN2O2. The van der Waals surface area contributed by atoms with E-state index in [1.165, 1.54) is 5.01 Å². The third kappa shape index (κ3) is 2.27. The molecule has 0 bridgehead atoms. The minimum absolute atomic E-state index is 0.371. The van der Waals surface area contributed by atoms with Gasteiger partial charge in [0.25, 0.3) is 0 Å². The molecule has 0 aromatic carbocycles. The van der Waals surface area contributed by atoms with E-state index < -0.39 is 6.09 Å². The van der Waals surface area contributed by atoms with Gasteiger partial charge in [-0.3, -0.25) is 5.43 Å². The van der Waals surface area contributed by atoms with Crippen LogP contribution in [0, 0.1) is 0 Å². The van der Waals surface area contributed by atoms with E-state index in [1.54, 1.807) is 25.4 Å². The maximum Gasteiger partial charge on any atom is 0.432 e. The van der Waals surface area contributed by atoms with Gasteiger partial charge in [-0.15, -0.1) is 0 Å². The summed E-state index contributed by atoms with van der Waals surface area (Å²) in [7, 11) is 0. The van der Waals surface area contributed by atoms with Crippen molar-refractivity contribution in [1.82, 2.24) is 10.4 Å². The largest absolute Gasteiger partial charge is 0.448 e. The number of halogens is 1. The predicted molar refractivity (Wildman–Crippen MR) is 48.1 cm³/mol. The van der Waals surface area contributed by atoms with Crippen molar-refractivity contribution >= 4 is 22.0 Å². The third-order valence-electron chi connectivity index (χ3n) is 1.19. The molecule has 0 saturated heterocycles.